The van der Waals surface area contributed by atoms with Crippen LogP contribution in [0.15, 0.2) is 89.7 Å². The van der Waals surface area contributed by atoms with E-state index in [4.69, 9.17) is 20.6 Å². The van der Waals surface area contributed by atoms with E-state index >= 15 is 0 Å². The van der Waals surface area contributed by atoms with Gasteiger partial charge in [0, 0.05) is 5.56 Å². The number of nitrogen functional groups attached to an aromatic ring is 1. The van der Waals surface area contributed by atoms with E-state index in [-0.39, 0.29) is 33.2 Å². The van der Waals surface area contributed by atoms with Crippen LogP contribution in [0.4, 0.5) is 33.2 Å². The summed E-state index contributed by atoms with van der Waals surface area (Å²) in [6.45, 7) is -2.29. The lowest BCUT2D eigenvalue weighted by Crippen LogP contribution is -2.20. The SMILES string of the molecule is NC(=O)Nc1c(CN=Nc2ccc(S(=O)(=O)CCOS(=O)(=O)O)cc2S(=O)(=O)O)ccc(N)c1N=Nc1ccc(S(=O)(=O)CCOS(=O)(=O)O)cc1. The van der Waals surface area contributed by atoms with E-state index in [9.17, 15) is 51.4 Å². The van der Waals surface area contributed by atoms with Crippen molar-refractivity contribution in [1.29, 1.82) is 0 Å². The molecule has 0 heterocycles. The van der Waals surface area contributed by atoms with Gasteiger partial charge < -0.3 is 16.8 Å². The molecule has 28 heteroatoms. The van der Waals surface area contributed by atoms with Crippen LogP contribution < -0.4 is 16.8 Å². The lowest BCUT2D eigenvalue weighted by Gasteiger charge is -2.12. The van der Waals surface area contributed by atoms with Gasteiger partial charge in [0.15, 0.2) is 19.7 Å². The third-order valence-corrected chi connectivity index (χ3v) is 11.3. The highest BCUT2D eigenvalue weighted by Crippen LogP contribution is 2.37. The van der Waals surface area contributed by atoms with Crippen molar-refractivity contribution in [2.75, 3.05) is 35.8 Å². The Hall–Kier alpha value is -4.52. The van der Waals surface area contributed by atoms with E-state index in [1.165, 1.54) is 24.3 Å². The summed E-state index contributed by atoms with van der Waals surface area (Å²) in [5, 5.41) is 17.8. The molecule has 0 fully saturated rings. The van der Waals surface area contributed by atoms with Gasteiger partial charge in [-0.1, -0.05) is 6.07 Å². The van der Waals surface area contributed by atoms with Crippen LogP contribution in [0.2, 0.25) is 0 Å². The van der Waals surface area contributed by atoms with Crippen molar-refractivity contribution in [1.82, 2.24) is 0 Å². The van der Waals surface area contributed by atoms with E-state index in [1.807, 2.05) is 0 Å². The van der Waals surface area contributed by atoms with E-state index in [0.29, 0.717) is 6.07 Å². The lowest BCUT2D eigenvalue weighted by molar-refractivity contribution is 0.259. The maximum atomic E-state index is 12.5. The number of anilines is 2. The van der Waals surface area contributed by atoms with E-state index in [2.05, 4.69) is 34.1 Å². The van der Waals surface area contributed by atoms with Gasteiger partial charge in [-0.15, -0.1) is 5.11 Å². The summed E-state index contributed by atoms with van der Waals surface area (Å²) < 4.78 is 152. The minimum absolute atomic E-state index is 0.0429. The van der Waals surface area contributed by atoms with Crippen LogP contribution in [0.5, 0.6) is 0 Å². The van der Waals surface area contributed by atoms with E-state index in [0.717, 1.165) is 24.3 Å². The van der Waals surface area contributed by atoms with Crippen molar-refractivity contribution in [3.63, 3.8) is 0 Å². The zero-order valence-corrected chi connectivity index (χ0v) is 29.9. The Labute approximate surface area is 296 Å². The summed E-state index contributed by atoms with van der Waals surface area (Å²) in [5.41, 5.74) is 10.7. The summed E-state index contributed by atoms with van der Waals surface area (Å²) in [6, 6.07) is 8.60. The van der Waals surface area contributed by atoms with Crippen LogP contribution in [0.3, 0.4) is 0 Å². The standard InChI is InChI=1S/C24H27N7O16S5/c25-19-7-1-15(14-27-30-20-8-6-18(13-21(20)50(37,38)39)49(35,36)12-10-47-52(43,44)45)22(28-24(26)32)23(19)31-29-16-2-4-17(5-3-16)48(33,34)11-9-46-51(40,41)42/h1-8,13H,9-12,14,25H2,(H3,26,28,32)(H,37,38,39)(H,40,41,42)(H,43,44,45). The van der Waals surface area contributed by atoms with Crippen LogP contribution in [0.1, 0.15) is 5.56 Å². The number of hydrogen-bond acceptors (Lipinski definition) is 18. The molecule has 284 valence electrons. The molecule has 2 amide bonds. The summed E-state index contributed by atoms with van der Waals surface area (Å²) in [5.74, 6) is -1.78. The first-order valence-electron chi connectivity index (χ1n) is 13.6. The average molecular weight is 830 g/mol. The summed E-state index contributed by atoms with van der Waals surface area (Å²) in [6.07, 6.45) is 0. The second-order valence-electron chi connectivity index (χ2n) is 9.86. The number of nitrogens with zero attached hydrogens (tertiary/aromatic N) is 4. The van der Waals surface area contributed by atoms with Gasteiger partial charge in [-0.2, -0.15) is 40.6 Å². The second kappa shape index (κ2) is 16.4. The molecule has 23 nitrogen and oxygen atoms in total. The summed E-state index contributed by atoms with van der Waals surface area (Å²) >= 11 is 0. The molecule has 0 aliphatic carbocycles. The van der Waals surface area contributed by atoms with Crippen LogP contribution >= 0.6 is 0 Å². The number of hydrogen-bond donors (Lipinski definition) is 6. The number of rotatable bonds is 17. The quantitative estimate of drug-likeness (QED) is 0.0642. The Bertz CT molecular complexity index is 2460. The Kier molecular flexibility index (Phi) is 13.2. The number of nitrogens with two attached hydrogens (primary N) is 2. The second-order valence-corrected chi connectivity index (χ2v) is 17.7. The van der Waals surface area contributed by atoms with Gasteiger partial charge >= 0.3 is 26.8 Å². The summed E-state index contributed by atoms with van der Waals surface area (Å²) in [7, 11) is -23.4. The van der Waals surface area contributed by atoms with Gasteiger partial charge in [0.1, 0.15) is 16.3 Å². The molecular formula is C24H27N7O16S5. The number of amides is 2. The molecular weight excluding hydrogens is 803 g/mol. The molecule has 8 N–H and O–H groups in total. The fourth-order valence-corrected chi connectivity index (χ4v) is 7.60. The molecule has 0 radical (unpaired) electrons. The van der Waals surface area contributed by atoms with Gasteiger partial charge in [-0.05, 0) is 48.5 Å². The largest absolute Gasteiger partial charge is 0.397 e. The first kappa shape index (κ1) is 41.9. The number of primary amides is 1. The Morgan fingerprint density at radius 3 is 1.77 bits per heavy atom. The molecule has 0 saturated carbocycles. The molecule has 0 spiro atoms. The van der Waals surface area contributed by atoms with Crippen molar-refractivity contribution in [3.05, 3.63) is 60.2 Å². The predicted molar refractivity (Wildman–Crippen MR) is 178 cm³/mol. The van der Waals surface area contributed by atoms with Crippen LogP contribution in [0.25, 0.3) is 0 Å². The third kappa shape index (κ3) is 12.6. The third-order valence-electron chi connectivity index (χ3n) is 6.16. The maximum Gasteiger partial charge on any atom is 0.397 e. The van der Waals surface area contributed by atoms with Crippen molar-refractivity contribution in [2.45, 2.75) is 21.2 Å². The minimum Gasteiger partial charge on any atom is -0.397 e. The highest BCUT2D eigenvalue weighted by molar-refractivity contribution is 7.92. The zero-order chi connectivity index (χ0) is 39.1. The smallest absolute Gasteiger partial charge is 0.397 e. The Morgan fingerprint density at radius 1 is 0.712 bits per heavy atom. The number of carbonyl (C=O) groups is 1. The molecule has 0 aliphatic rings. The molecule has 3 aromatic rings. The topological polar surface area (TPSA) is 380 Å². The van der Waals surface area contributed by atoms with E-state index < -0.39 is 103 Å². The van der Waals surface area contributed by atoms with Gasteiger partial charge in [-0.3, -0.25) is 13.7 Å². The van der Waals surface area contributed by atoms with Crippen LogP contribution in [0, 0.1) is 0 Å². The Balaban J connectivity index is 1.90. The van der Waals surface area contributed by atoms with Crippen molar-refractivity contribution >= 4 is 85.1 Å². The first-order valence-corrected chi connectivity index (χ1v) is 21.0. The van der Waals surface area contributed by atoms with Crippen molar-refractivity contribution in [3.8, 4) is 0 Å². The van der Waals surface area contributed by atoms with Gasteiger partial charge in [-0.25, -0.2) is 30.0 Å². The predicted octanol–water partition coefficient (Wildman–Crippen LogP) is 1.89. The number of azo groups is 2. The molecule has 3 rings (SSSR count). The van der Waals surface area contributed by atoms with Crippen LogP contribution in [-0.4, -0.2) is 86.5 Å². The number of nitrogens with one attached hydrogen (secondary N) is 1. The van der Waals surface area contributed by atoms with E-state index in [1.54, 1.807) is 0 Å². The molecule has 52 heavy (non-hydrogen) atoms. The molecule has 3 aromatic carbocycles. The highest BCUT2D eigenvalue weighted by Gasteiger charge is 2.23. The lowest BCUT2D eigenvalue weighted by atomic mass is 10.1. The number of sulfone groups is 2. The van der Waals surface area contributed by atoms with Gasteiger partial charge in [0.2, 0.25) is 0 Å². The van der Waals surface area contributed by atoms with Crippen molar-refractivity contribution in [2.24, 2.45) is 26.2 Å². The molecule has 0 saturated heterocycles. The zero-order valence-electron chi connectivity index (χ0n) is 25.9. The Morgan fingerprint density at radius 2 is 1.25 bits per heavy atom. The molecule has 0 atom stereocenters. The fourth-order valence-electron chi connectivity index (χ4n) is 3.88. The number of benzene rings is 3. The molecule has 0 aliphatic heterocycles. The van der Waals surface area contributed by atoms with Crippen molar-refractivity contribution < 1.29 is 68.9 Å². The minimum atomic E-state index is -5.12. The number of carbonyl (C=O) groups excluding carboxylic acids is 1. The normalized spacial score (nSPS) is 13.1. The molecule has 0 bridgehead atoms. The highest BCUT2D eigenvalue weighted by atomic mass is 32.3. The maximum absolute atomic E-state index is 12.5. The summed E-state index contributed by atoms with van der Waals surface area (Å²) in [4.78, 5) is 9.91. The monoisotopic (exact) mass is 829 g/mol. The molecule has 0 aromatic heterocycles. The van der Waals surface area contributed by atoms with Gasteiger partial charge in [0.05, 0.1) is 58.1 Å². The fraction of sp³-hybridized carbons (Fsp3) is 0.208. The van der Waals surface area contributed by atoms with Crippen LogP contribution in [-0.2, 0) is 65.5 Å². The number of urea groups is 1. The molecule has 0 unspecified atom stereocenters. The van der Waals surface area contributed by atoms with Gasteiger partial charge in [0.25, 0.3) is 10.1 Å². The average Bonchev–Trinajstić information content (AvgIpc) is 3.00. The first-order chi connectivity index (χ1) is 23.9.